The third-order valence-corrected chi connectivity index (χ3v) is 4.57. The molecule has 0 amide bonds. The van der Waals surface area contributed by atoms with Gasteiger partial charge in [-0.1, -0.05) is 0 Å². The largest absolute Gasteiger partial charge is 0.496 e. The SMILES string of the molecule is COc1ccc(OC)c2c1CN(c1ccc(C(F)(F)F)cc1C#N)CC2O. The van der Waals surface area contributed by atoms with Crippen LogP contribution >= 0.6 is 0 Å². The zero-order chi connectivity index (χ0) is 19.8. The van der Waals surface area contributed by atoms with E-state index in [0.717, 1.165) is 12.1 Å². The van der Waals surface area contributed by atoms with Crippen LogP contribution in [-0.2, 0) is 12.7 Å². The number of hydrogen-bond acceptors (Lipinski definition) is 5. The van der Waals surface area contributed by atoms with Crippen LogP contribution in [0, 0.1) is 11.3 Å². The van der Waals surface area contributed by atoms with Gasteiger partial charge in [0.2, 0.25) is 0 Å². The van der Waals surface area contributed by atoms with Crippen LogP contribution in [0.5, 0.6) is 11.5 Å². The highest BCUT2D eigenvalue weighted by atomic mass is 19.4. The number of fused-ring (bicyclic) bond motifs is 1. The summed E-state index contributed by atoms with van der Waals surface area (Å²) >= 11 is 0. The first-order valence-corrected chi connectivity index (χ1v) is 8.08. The van der Waals surface area contributed by atoms with Gasteiger partial charge in [-0.2, -0.15) is 18.4 Å². The Morgan fingerprint density at radius 1 is 1.15 bits per heavy atom. The Labute approximate surface area is 154 Å². The molecule has 1 aliphatic heterocycles. The molecule has 0 bridgehead atoms. The van der Waals surface area contributed by atoms with E-state index in [1.807, 2.05) is 6.07 Å². The number of aliphatic hydroxyl groups excluding tert-OH is 1. The molecule has 2 aromatic carbocycles. The first-order chi connectivity index (χ1) is 12.8. The van der Waals surface area contributed by atoms with Gasteiger partial charge in [-0.3, -0.25) is 0 Å². The van der Waals surface area contributed by atoms with Gasteiger partial charge in [0.15, 0.2) is 0 Å². The van der Waals surface area contributed by atoms with Crippen LogP contribution in [0.4, 0.5) is 18.9 Å². The summed E-state index contributed by atoms with van der Waals surface area (Å²) in [6.07, 6.45) is -5.48. The molecule has 0 aromatic heterocycles. The second-order valence-electron chi connectivity index (χ2n) is 6.10. The Morgan fingerprint density at radius 2 is 1.81 bits per heavy atom. The van der Waals surface area contributed by atoms with Crippen molar-refractivity contribution in [3.8, 4) is 17.6 Å². The molecule has 5 nitrogen and oxygen atoms in total. The fourth-order valence-corrected chi connectivity index (χ4v) is 3.34. The molecule has 0 saturated heterocycles. The molecule has 3 rings (SSSR count). The number of β-amino-alcohol motifs (C(OH)–C–C–N with tert-alkyl or cyclic N) is 1. The number of methoxy groups -OCH3 is 2. The zero-order valence-corrected chi connectivity index (χ0v) is 14.7. The molecule has 0 spiro atoms. The molecule has 1 heterocycles. The number of hydrogen-bond donors (Lipinski definition) is 1. The summed E-state index contributed by atoms with van der Waals surface area (Å²) in [4.78, 5) is 1.66. The van der Waals surface area contributed by atoms with Gasteiger partial charge in [0.05, 0.1) is 31.0 Å². The smallest absolute Gasteiger partial charge is 0.416 e. The van der Waals surface area contributed by atoms with Gasteiger partial charge in [0.1, 0.15) is 23.7 Å². The molecule has 0 saturated carbocycles. The minimum atomic E-state index is -4.53. The minimum absolute atomic E-state index is 0.108. The van der Waals surface area contributed by atoms with Crippen molar-refractivity contribution in [2.75, 3.05) is 25.7 Å². The van der Waals surface area contributed by atoms with Gasteiger partial charge >= 0.3 is 6.18 Å². The van der Waals surface area contributed by atoms with Crippen molar-refractivity contribution in [3.05, 3.63) is 52.6 Å². The number of aliphatic hydroxyl groups is 1. The summed E-state index contributed by atoms with van der Waals surface area (Å²) in [5, 5.41) is 20.0. The molecule has 8 heteroatoms. The van der Waals surface area contributed by atoms with E-state index in [0.29, 0.717) is 28.3 Å². The zero-order valence-electron chi connectivity index (χ0n) is 14.7. The van der Waals surface area contributed by atoms with Crippen molar-refractivity contribution < 1.29 is 27.8 Å². The Hall–Kier alpha value is -2.92. The molecular weight excluding hydrogens is 361 g/mol. The predicted molar refractivity (Wildman–Crippen MR) is 91.7 cm³/mol. The quantitative estimate of drug-likeness (QED) is 0.883. The number of ether oxygens (including phenoxy) is 2. The van der Waals surface area contributed by atoms with Gasteiger partial charge in [-0.25, -0.2) is 0 Å². The van der Waals surface area contributed by atoms with E-state index < -0.39 is 17.8 Å². The number of benzene rings is 2. The number of nitrogens with zero attached hydrogens (tertiary/aromatic N) is 2. The fraction of sp³-hybridized carbons (Fsp3) is 0.316. The highest BCUT2D eigenvalue weighted by Crippen LogP contribution is 2.42. The van der Waals surface area contributed by atoms with Crippen molar-refractivity contribution >= 4 is 5.69 Å². The summed E-state index contributed by atoms with van der Waals surface area (Å²) in [6, 6.07) is 8.21. The van der Waals surface area contributed by atoms with Crippen molar-refractivity contribution in [2.45, 2.75) is 18.8 Å². The number of alkyl halides is 3. The van der Waals surface area contributed by atoms with E-state index in [1.165, 1.54) is 20.3 Å². The van der Waals surface area contributed by atoms with Gasteiger partial charge in [-0.05, 0) is 30.3 Å². The maximum atomic E-state index is 12.9. The molecule has 27 heavy (non-hydrogen) atoms. The molecule has 1 atom stereocenters. The maximum Gasteiger partial charge on any atom is 0.416 e. The minimum Gasteiger partial charge on any atom is -0.496 e. The number of nitriles is 1. The van der Waals surface area contributed by atoms with E-state index in [1.54, 1.807) is 17.0 Å². The van der Waals surface area contributed by atoms with E-state index in [9.17, 15) is 23.5 Å². The maximum absolute atomic E-state index is 12.9. The van der Waals surface area contributed by atoms with E-state index in [-0.39, 0.29) is 18.7 Å². The van der Waals surface area contributed by atoms with Crippen LogP contribution in [0.1, 0.15) is 28.4 Å². The Kier molecular flexibility index (Phi) is 4.89. The van der Waals surface area contributed by atoms with Crippen LogP contribution in [0.15, 0.2) is 30.3 Å². The van der Waals surface area contributed by atoms with Gasteiger partial charge in [-0.15, -0.1) is 0 Å². The molecule has 0 aliphatic carbocycles. The lowest BCUT2D eigenvalue weighted by Gasteiger charge is -2.36. The van der Waals surface area contributed by atoms with Crippen LogP contribution in [0.25, 0.3) is 0 Å². The molecule has 1 N–H and O–H groups in total. The number of anilines is 1. The summed E-state index contributed by atoms with van der Waals surface area (Å²) in [5.41, 5.74) is 0.570. The summed E-state index contributed by atoms with van der Waals surface area (Å²) in [5.74, 6) is 1.03. The molecule has 0 fully saturated rings. The van der Waals surface area contributed by atoms with E-state index >= 15 is 0 Å². The molecule has 0 radical (unpaired) electrons. The topological polar surface area (TPSA) is 65.7 Å². The summed E-state index contributed by atoms with van der Waals surface area (Å²) < 4.78 is 49.4. The van der Waals surface area contributed by atoms with Gasteiger partial charge in [0, 0.05) is 24.2 Å². The predicted octanol–water partition coefficient (Wildman–Crippen LogP) is 3.65. The lowest BCUT2D eigenvalue weighted by molar-refractivity contribution is -0.137. The van der Waals surface area contributed by atoms with Gasteiger partial charge < -0.3 is 19.5 Å². The first kappa shape index (κ1) is 18.9. The average Bonchev–Trinajstić information content (AvgIpc) is 2.65. The monoisotopic (exact) mass is 378 g/mol. The highest BCUT2D eigenvalue weighted by Gasteiger charge is 2.33. The lowest BCUT2D eigenvalue weighted by Crippen LogP contribution is -2.34. The number of halogens is 3. The van der Waals surface area contributed by atoms with Crippen LogP contribution in [0.2, 0.25) is 0 Å². The van der Waals surface area contributed by atoms with Crippen molar-refractivity contribution in [1.29, 1.82) is 5.26 Å². The van der Waals surface area contributed by atoms with Crippen LogP contribution in [-0.4, -0.2) is 25.9 Å². The third-order valence-electron chi connectivity index (χ3n) is 4.57. The molecule has 1 unspecified atom stereocenters. The second kappa shape index (κ2) is 7.00. The van der Waals surface area contributed by atoms with Crippen molar-refractivity contribution in [3.63, 3.8) is 0 Å². The molecule has 2 aromatic rings. The van der Waals surface area contributed by atoms with Crippen LogP contribution in [0.3, 0.4) is 0 Å². The third kappa shape index (κ3) is 3.38. The van der Waals surface area contributed by atoms with Crippen LogP contribution < -0.4 is 14.4 Å². The Balaban J connectivity index is 2.06. The average molecular weight is 378 g/mol. The van der Waals surface area contributed by atoms with E-state index in [4.69, 9.17) is 9.47 Å². The Bertz CT molecular complexity index is 906. The standard InChI is InChI=1S/C19H17F3N2O3/c1-26-16-5-6-17(27-2)18-13(16)9-24(10-15(18)25)14-4-3-12(19(20,21)22)7-11(14)8-23/h3-7,15,25H,9-10H2,1-2H3. The van der Waals surface area contributed by atoms with Crippen molar-refractivity contribution in [1.82, 2.24) is 0 Å². The molecule has 1 aliphatic rings. The molecular formula is C19H17F3N2O3. The summed E-state index contributed by atoms with van der Waals surface area (Å²) in [6.45, 7) is 0.364. The fourth-order valence-electron chi connectivity index (χ4n) is 3.34. The van der Waals surface area contributed by atoms with Gasteiger partial charge in [0.25, 0.3) is 0 Å². The first-order valence-electron chi connectivity index (χ1n) is 8.08. The summed E-state index contributed by atoms with van der Waals surface area (Å²) in [7, 11) is 2.98. The van der Waals surface area contributed by atoms with Crippen molar-refractivity contribution in [2.24, 2.45) is 0 Å². The van der Waals surface area contributed by atoms with E-state index in [2.05, 4.69) is 0 Å². The lowest BCUT2D eigenvalue weighted by atomic mass is 9.94. The Morgan fingerprint density at radius 3 is 2.41 bits per heavy atom. The number of rotatable bonds is 3. The molecule has 142 valence electrons. The second-order valence-corrected chi connectivity index (χ2v) is 6.10. The normalized spacial score (nSPS) is 16.5. The highest BCUT2D eigenvalue weighted by molar-refractivity contribution is 5.64.